The van der Waals surface area contributed by atoms with Crippen LogP contribution in [0.3, 0.4) is 0 Å². The normalized spacial score (nSPS) is 27.5. The van der Waals surface area contributed by atoms with Crippen molar-refractivity contribution in [2.45, 2.75) is 32.7 Å². The Bertz CT molecular complexity index is 282. The van der Waals surface area contributed by atoms with Gasteiger partial charge in [-0.25, -0.2) is 4.18 Å². The van der Waals surface area contributed by atoms with E-state index in [0.717, 1.165) is 0 Å². The van der Waals surface area contributed by atoms with Crippen LogP contribution in [-0.2, 0) is 23.8 Å². The fraction of sp³-hybridized carbons (Fsp3) is 1.00. The number of ether oxygens (including phenoxy) is 2. The third kappa shape index (κ3) is 3.53. The molecule has 0 bridgehead atoms. The molecule has 1 unspecified atom stereocenters. The minimum absolute atomic E-state index is 0.0622. The molecule has 1 aliphatic rings. The molecule has 0 N–H and O–H groups in total. The van der Waals surface area contributed by atoms with Crippen LogP contribution >= 0.6 is 0 Å². The lowest BCUT2D eigenvalue weighted by Crippen LogP contribution is -2.45. The highest BCUT2D eigenvalue weighted by Crippen LogP contribution is 2.20. The third-order valence-electron chi connectivity index (χ3n) is 1.76. The minimum Gasteiger partial charge on any atom is -0.373 e. The summed E-state index contributed by atoms with van der Waals surface area (Å²) < 4.78 is 37.6. The van der Waals surface area contributed by atoms with Crippen LogP contribution in [0.15, 0.2) is 0 Å². The van der Waals surface area contributed by atoms with E-state index in [2.05, 4.69) is 0 Å². The van der Waals surface area contributed by atoms with Crippen LogP contribution in [0.5, 0.6) is 0 Å². The summed E-state index contributed by atoms with van der Waals surface area (Å²) in [6.45, 7) is 5.76. The molecule has 0 aromatic heterocycles. The van der Waals surface area contributed by atoms with Crippen molar-refractivity contribution in [1.29, 1.82) is 0 Å². The zero-order valence-corrected chi connectivity index (χ0v) is 9.46. The van der Waals surface area contributed by atoms with E-state index >= 15 is 0 Å². The zero-order valence-electron chi connectivity index (χ0n) is 8.65. The quantitative estimate of drug-likeness (QED) is 0.653. The lowest BCUT2D eigenvalue weighted by atomic mass is 10.1. The summed E-state index contributed by atoms with van der Waals surface area (Å²) in [6, 6.07) is 0. The summed E-state index contributed by atoms with van der Waals surface area (Å²) in [5.41, 5.74) is -0.494. The molecular weight excluding hydrogens is 208 g/mol. The number of rotatable bonds is 3. The molecule has 0 aromatic carbocycles. The fourth-order valence-corrected chi connectivity index (χ4v) is 1.66. The second-order valence-corrected chi connectivity index (χ2v) is 5.65. The first-order valence-corrected chi connectivity index (χ1v) is 6.09. The predicted molar refractivity (Wildman–Crippen MR) is 50.3 cm³/mol. The molecule has 0 amide bonds. The van der Waals surface area contributed by atoms with Crippen LogP contribution in [0.4, 0.5) is 0 Å². The summed E-state index contributed by atoms with van der Waals surface area (Å²) in [4.78, 5) is 0. The second kappa shape index (κ2) is 4.14. The summed E-state index contributed by atoms with van der Waals surface area (Å²) in [5.74, 6) is -0.0622. The first-order chi connectivity index (χ1) is 6.35. The molecule has 0 saturated carbocycles. The van der Waals surface area contributed by atoms with Gasteiger partial charge in [0.2, 0.25) is 0 Å². The van der Waals surface area contributed by atoms with Crippen LogP contribution < -0.4 is 0 Å². The van der Waals surface area contributed by atoms with Crippen LogP contribution in [0.2, 0.25) is 0 Å². The molecule has 0 aliphatic carbocycles. The Balaban J connectivity index is 2.54. The van der Waals surface area contributed by atoms with Gasteiger partial charge in [0.15, 0.2) is 6.29 Å². The highest BCUT2D eigenvalue weighted by Gasteiger charge is 2.32. The molecule has 0 spiro atoms. The van der Waals surface area contributed by atoms with Crippen molar-refractivity contribution in [3.05, 3.63) is 0 Å². The van der Waals surface area contributed by atoms with E-state index in [1.807, 2.05) is 13.8 Å². The number of hydrogen-bond donors (Lipinski definition) is 0. The molecule has 1 heterocycles. The Morgan fingerprint density at radius 1 is 1.50 bits per heavy atom. The molecule has 5 nitrogen and oxygen atoms in total. The Hall–Kier alpha value is -0.170. The molecule has 1 rings (SSSR count). The summed E-state index contributed by atoms with van der Waals surface area (Å²) in [5, 5.41) is 0. The monoisotopic (exact) mass is 224 g/mol. The molecule has 1 fully saturated rings. The maximum atomic E-state index is 11.1. The van der Waals surface area contributed by atoms with Gasteiger partial charge in [0.25, 0.3) is 10.1 Å². The van der Waals surface area contributed by atoms with Gasteiger partial charge in [-0.1, -0.05) is 0 Å². The summed E-state index contributed by atoms with van der Waals surface area (Å²) in [7, 11) is -3.47. The molecule has 1 aliphatic heterocycles. The molecule has 0 aromatic rings. The van der Waals surface area contributed by atoms with Crippen LogP contribution in [0, 0.1) is 0 Å². The lowest BCUT2D eigenvalue weighted by Gasteiger charge is -2.34. The van der Waals surface area contributed by atoms with Gasteiger partial charge >= 0.3 is 0 Å². The average molecular weight is 224 g/mol. The van der Waals surface area contributed by atoms with Crippen molar-refractivity contribution >= 4 is 10.1 Å². The van der Waals surface area contributed by atoms with Gasteiger partial charge in [0.05, 0.1) is 24.6 Å². The fourth-order valence-electron chi connectivity index (χ4n) is 1.10. The van der Waals surface area contributed by atoms with E-state index < -0.39 is 22.0 Å². The molecule has 0 radical (unpaired) electrons. The van der Waals surface area contributed by atoms with Gasteiger partial charge in [-0.15, -0.1) is 0 Å². The van der Waals surface area contributed by atoms with Crippen LogP contribution in [0.25, 0.3) is 0 Å². The zero-order chi connectivity index (χ0) is 10.8. The van der Waals surface area contributed by atoms with Gasteiger partial charge in [-0.05, 0) is 20.8 Å². The minimum atomic E-state index is -3.47. The van der Waals surface area contributed by atoms with E-state index in [0.29, 0.717) is 6.61 Å². The molecule has 1 saturated heterocycles. The maximum Gasteiger partial charge on any atom is 0.269 e. The van der Waals surface area contributed by atoms with Gasteiger partial charge in [-0.2, -0.15) is 8.42 Å². The van der Waals surface area contributed by atoms with Crippen molar-refractivity contribution in [3.63, 3.8) is 0 Å². The average Bonchev–Trinajstić information content (AvgIpc) is 2.01. The van der Waals surface area contributed by atoms with E-state index in [1.165, 1.54) is 6.92 Å². The van der Waals surface area contributed by atoms with Gasteiger partial charge in [0.1, 0.15) is 0 Å². The molecule has 6 heteroatoms. The first-order valence-electron chi connectivity index (χ1n) is 4.51. The standard InChI is InChI=1S/C8H16O5S/c1-4-14(9,10)13-7-5-11-6-8(2,3)12-7/h7H,4-6H2,1-3H3. The highest BCUT2D eigenvalue weighted by molar-refractivity contribution is 7.86. The Morgan fingerprint density at radius 3 is 2.64 bits per heavy atom. The Labute approximate surface area is 84.5 Å². The molecule has 14 heavy (non-hydrogen) atoms. The second-order valence-electron chi connectivity index (χ2n) is 3.76. The third-order valence-corrected chi connectivity index (χ3v) is 2.98. The van der Waals surface area contributed by atoms with Crippen molar-refractivity contribution < 1.29 is 22.1 Å². The molecular formula is C8H16O5S. The van der Waals surface area contributed by atoms with E-state index in [9.17, 15) is 8.42 Å². The van der Waals surface area contributed by atoms with Gasteiger partial charge < -0.3 is 9.47 Å². The largest absolute Gasteiger partial charge is 0.373 e. The van der Waals surface area contributed by atoms with E-state index in [1.54, 1.807) is 0 Å². The van der Waals surface area contributed by atoms with Crippen molar-refractivity contribution in [2.75, 3.05) is 19.0 Å². The van der Waals surface area contributed by atoms with Gasteiger partial charge in [-0.3, -0.25) is 0 Å². The first kappa shape index (κ1) is 11.9. The highest BCUT2D eigenvalue weighted by atomic mass is 32.2. The topological polar surface area (TPSA) is 61.8 Å². The Morgan fingerprint density at radius 2 is 2.14 bits per heavy atom. The Kier molecular flexibility index (Phi) is 3.52. The lowest BCUT2D eigenvalue weighted by molar-refractivity contribution is -0.241. The van der Waals surface area contributed by atoms with Crippen LogP contribution in [-0.4, -0.2) is 39.3 Å². The molecule has 1 atom stereocenters. The summed E-state index contributed by atoms with van der Waals surface area (Å²) >= 11 is 0. The maximum absolute atomic E-state index is 11.1. The van der Waals surface area contributed by atoms with Crippen molar-refractivity contribution in [3.8, 4) is 0 Å². The van der Waals surface area contributed by atoms with Crippen molar-refractivity contribution in [2.24, 2.45) is 0 Å². The van der Waals surface area contributed by atoms with Crippen LogP contribution in [0.1, 0.15) is 20.8 Å². The van der Waals surface area contributed by atoms with Crippen molar-refractivity contribution in [1.82, 2.24) is 0 Å². The van der Waals surface area contributed by atoms with E-state index in [-0.39, 0.29) is 12.4 Å². The van der Waals surface area contributed by atoms with Gasteiger partial charge in [0, 0.05) is 0 Å². The smallest absolute Gasteiger partial charge is 0.269 e. The number of hydrogen-bond acceptors (Lipinski definition) is 5. The summed E-state index contributed by atoms with van der Waals surface area (Å²) in [6.07, 6.45) is -0.816. The molecule has 84 valence electrons. The predicted octanol–water partition coefficient (Wildman–Crippen LogP) is 0.504. The van der Waals surface area contributed by atoms with E-state index in [4.69, 9.17) is 13.7 Å². The SMILES string of the molecule is CCS(=O)(=O)OC1COCC(C)(C)O1.